The van der Waals surface area contributed by atoms with Gasteiger partial charge in [0.05, 0.1) is 33.4 Å². The maximum Gasteiger partial charge on any atom is 0.337 e. The normalized spacial score (nSPS) is 10.0. The summed E-state index contributed by atoms with van der Waals surface area (Å²) in [4.78, 5) is 68.7. The summed E-state index contributed by atoms with van der Waals surface area (Å²) in [5.74, 6) is -11.1. The second-order valence-corrected chi connectivity index (χ2v) is 4.26. The van der Waals surface area contributed by atoms with Crippen molar-refractivity contribution in [3.63, 3.8) is 0 Å². The van der Waals surface area contributed by atoms with Crippen molar-refractivity contribution in [2.75, 3.05) is 0 Å². The number of hydrogen-bond donors (Lipinski definition) is 6. The number of amides is 3. The first-order chi connectivity index (χ1) is 10.9. The van der Waals surface area contributed by atoms with Crippen molar-refractivity contribution in [3.05, 3.63) is 33.4 Å². The van der Waals surface area contributed by atoms with E-state index in [1.54, 1.807) is 0 Å². The quantitative estimate of drug-likeness (QED) is 0.337. The van der Waals surface area contributed by atoms with Gasteiger partial charge in [-0.05, 0) is 0 Å². The lowest BCUT2D eigenvalue weighted by atomic mass is 9.85. The zero-order valence-electron chi connectivity index (χ0n) is 11.5. The SMILES string of the molecule is NC(=O)c1c(C(N)=O)c(C(=O)O)c(C(=O)O)c(C(=O)O)c1C(N)=O. The van der Waals surface area contributed by atoms with Crippen LogP contribution in [0.1, 0.15) is 62.1 Å². The zero-order valence-corrected chi connectivity index (χ0v) is 11.5. The molecule has 12 nitrogen and oxygen atoms in total. The van der Waals surface area contributed by atoms with E-state index in [0.717, 1.165) is 0 Å². The maximum atomic E-state index is 11.6. The number of carbonyl (C=O) groups excluding carboxylic acids is 3. The first-order valence-corrected chi connectivity index (χ1v) is 5.76. The Kier molecular flexibility index (Phi) is 4.55. The highest BCUT2D eigenvalue weighted by Gasteiger charge is 2.38. The number of primary amides is 3. The van der Waals surface area contributed by atoms with Gasteiger partial charge in [-0.1, -0.05) is 0 Å². The van der Waals surface area contributed by atoms with Gasteiger partial charge in [0.1, 0.15) is 0 Å². The topological polar surface area (TPSA) is 241 Å². The van der Waals surface area contributed by atoms with Gasteiger partial charge >= 0.3 is 17.9 Å². The molecule has 0 aromatic heterocycles. The van der Waals surface area contributed by atoms with Crippen molar-refractivity contribution in [2.45, 2.75) is 0 Å². The van der Waals surface area contributed by atoms with Crippen LogP contribution in [-0.2, 0) is 0 Å². The van der Waals surface area contributed by atoms with Gasteiger partial charge in [0.25, 0.3) is 0 Å². The van der Waals surface area contributed by atoms with E-state index < -0.39 is 69.0 Å². The van der Waals surface area contributed by atoms with Crippen LogP contribution in [0.4, 0.5) is 0 Å². The van der Waals surface area contributed by atoms with Crippen LogP contribution in [-0.4, -0.2) is 50.9 Å². The first kappa shape index (κ1) is 18.1. The molecule has 0 bridgehead atoms. The van der Waals surface area contributed by atoms with Crippen LogP contribution in [0.15, 0.2) is 0 Å². The lowest BCUT2D eigenvalue weighted by molar-refractivity contribution is 0.0629. The van der Waals surface area contributed by atoms with Gasteiger partial charge in [-0.3, -0.25) is 14.4 Å². The number of rotatable bonds is 6. The smallest absolute Gasteiger partial charge is 0.337 e. The molecule has 1 aromatic rings. The molecule has 0 saturated carbocycles. The summed E-state index contributed by atoms with van der Waals surface area (Å²) < 4.78 is 0. The van der Waals surface area contributed by atoms with Crippen molar-refractivity contribution >= 4 is 35.6 Å². The number of nitrogens with two attached hydrogens (primary N) is 3. The van der Waals surface area contributed by atoms with Crippen molar-refractivity contribution in [3.8, 4) is 0 Å². The average Bonchev–Trinajstić information content (AvgIpc) is 2.42. The molecule has 126 valence electrons. The van der Waals surface area contributed by atoms with Crippen LogP contribution in [0.3, 0.4) is 0 Å². The Bertz CT molecular complexity index is 643. The van der Waals surface area contributed by atoms with E-state index >= 15 is 0 Å². The fourth-order valence-electron chi connectivity index (χ4n) is 2.13. The van der Waals surface area contributed by atoms with Crippen LogP contribution in [0.25, 0.3) is 0 Å². The molecule has 0 saturated heterocycles. The van der Waals surface area contributed by atoms with Crippen molar-refractivity contribution < 1.29 is 44.1 Å². The number of carbonyl (C=O) groups is 6. The van der Waals surface area contributed by atoms with E-state index in [0.29, 0.717) is 0 Å². The number of aromatic carboxylic acids is 3. The minimum Gasteiger partial charge on any atom is -0.478 e. The van der Waals surface area contributed by atoms with Gasteiger partial charge in [-0.15, -0.1) is 0 Å². The van der Waals surface area contributed by atoms with Crippen molar-refractivity contribution in [1.82, 2.24) is 0 Å². The Morgan fingerprint density at radius 2 is 0.625 bits per heavy atom. The van der Waals surface area contributed by atoms with Gasteiger partial charge in [0.15, 0.2) is 0 Å². The van der Waals surface area contributed by atoms with Crippen LogP contribution in [0.2, 0.25) is 0 Å². The number of hydrogen-bond acceptors (Lipinski definition) is 6. The molecule has 0 spiro atoms. The van der Waals surface area contributed by atoms with E-state index in [1.807, 2.05) is 0 Å². The largest absolute Gasteiger partial charge is 0.478 e. The fraction of sp³-hybridized carbons (Fsp3) is 0. The molecule has 0 unspecified atom stereocenters. The summed E-state index contributed by atoms with van der Waals surface area (Å²) in [5.41, 5.74) is 6.99. The van der Waals surface area contributed by atoms with E-state index in [9.17, 15) is 28.8 Å². The first-order valence-electron chi connectivity index (χ1n) is 5.76. The van der Waals surface area contributed by atoms with E-state index in [4.69, 9.17) is 32.5 Å². The van der Waals surface area contributed by atoms with Crippen molar-refractivity contribution in [2.24, 2.45) is 17.2 Å². The molecule has 0 fully saturated rings. The minimum absolute atomic E-state index is 1.19. The number of carboxylic acid groups (broad SMARTS) is 3. The predicted molar refractivity (Wildman–Crippen MR) is 72.9 cm³/mol. The van der Waals surface area contributed by atoms with E-state index in [-0.39, 0.29) is 0 Å². The zero-order chi connectivity index (χ0) is 18.9. The molecule has 24 heavy (non-hydrogen) atoms. The van der Waals surface area contributed by atoms with E-state index in [2.05, 4.69) is 0 Å². The summed E-state index contributed by atoms with van der Waals surface area (Å²) in [7, 11) is 0. The van der Waals surface area contributed by atoms with E-state index in [1.165, 1.54) is 0 Å². The molecule has 1 rings (SSSR count). The van der Waals surface area contributed by atoms with Gasteiger partial charge in [-0.2, -0.15) is 0 Å². The summed E-state index contributed by atoms with van der Waals surface area (Å²) in [6.45, 7) is 0. The van der Waals surface area contributed by atoms with Crippen LogP contribution >= 0.6 is 0 Å². The van der Waals surface area contributed by atoms with Crippen LogP contribution < -0.4 is 17.2 Å². The predicted octanol–water partition coefficient (Wildman–Crippen LogP) is -1.92. The molecule has 0 heterocycles. The van der Waals surface area contributed by atoms with Gasteiger partial charge in [0, 0.05) is 0 Å². The maximum absolute atomic E-state index is 11.6. The molecule has 0 atom stereocenters. The highest BCUT2D eigenvalue weighted by atomic mass is 16.4. The number of benzene rings is 1. The number of carboxylic acids is 3. The van der Waals surface area contributed by atoms with Gasteiger partial charge < -0.3 is 32.5 Å². The molecular formula is C12H9N3O9. The molecule has 0 aliphatic heterocycles. The summed E-state index contributed by atoms with van der Waals surface area (Å²) in [5, 5.41) is 27.4. The third-order valence-corrected chi connectivity index (χ3v) is 2.88. The Balaban J connectivity index is 4.50. The van der Waals surface area contributed by atoms with Gasteiger partial charge in [0.2, 0.25) is 17.7 Å². The summed E-state index contributed by atoms with van der Waals surface area (Å²) in [6.07, 6.45) is 0. The highest BCUT2D eigenvalue weighted by Crippen LogP contribution is 2.29. The molecule has 1 aromatic carbocycles. The minimum atomic E-state index is -2.11. The molecule has 0 aliphatic carbocycles. The second kappa shape index (κ2) is 6.04. The Morgan fingerprint density at radius 3 is 0.792 bits per heavy atom. The molecule has 9 N–H and O–H groups in total. The third kappa shape index (κ3) is 2.70. The van der Waals surface area contributed by atoms with Gasteiger partial charge in [-0.25, -0.2) is 14.4 Å². The second-order valence-electron chi connectivity index (χ2n) is 4.26. The standard InChI is InChI=1S/C12H9N3O9/c13-7(16)1-2(8(14)17)4(10(19)20)6(12(23)24)5(11(21)22)3(1)9(15)18/h(H2,13,16)(H2,14,17)(H2,15,18)(H,19,20)(H,21,22)(H,23,24). The molecule has 0 radical (unpaired) electrons. The average molecular weight is 339 g/mol. The molecule has 0 aliphatic rings. The van der Waals surface area contributed by atoms with Crippen LogP contribution in [0, 0.1) is 0 Å². The molecule has 12 heteroatoms. The molecule has 3 amide bonds. The Labute approximate surface area is 131 Å². The molecular weight excluding hydrogens is 330 g/mol. The third-order valence-electron chi connectivity index (χ3n) is 2.88. The highest BCUT2D eigenvalue weighted by molar-refractivity contribution is 6.24. The Morgan fingerprint density at radius 1 is 0.458 bits per heavy atom. The fourth-order valence-corrected chi connectivity index (χ4v) is 2.13. The summed E-state index contributed by atoms with van der Waals surface area (Å²) in [6, 6.07) is 0. The van der Waals surface area contributed by atoms with Crippen molar-refractivity contribution in [1.29, 1.82) is 0 Å². The van der Waals surface area contributed by atoms with Crippen LogP contribution in [0.5, 0.6) is 0 Å². The lowest BCUT2D eigenvalue weighted by Crippen LogP contribution is -2.33. The lowest BCUT2D eigenvalue weighted by Gasteiger charge is -2.17. The summed E-state index contributed by atoms with van der Waals surface area (Å²) >= 11 is 0. The Hall–Kier alpha value is -3.96. The monoisotopic (exact) mass is 339 g/mol.